The second-order valence-corrected chi connectivity index (χ2v) is 5.95. The molecule has 1 aliphatic rings. The molecule has 0 amide bonds. The van der Waals surface area contributed by atoms with Gasteiger partial charge in [0, 0.05) is 20.1 Å². The van der Waals surface area contributed by atoms with Crippen LogP contribution in [0.15, 0.2) is 0 Å². The maximum atomic E-state index is 9.92. The Kier molecular flexibility index (Phi) is 4.01. The van der Waals surface area contributed by atoms with Crippen LogP contribution in [0, 0.1) is 0 Å². The lowest BCUT2D eigenvalue weighted by atomic mass is 10.0. The van der Waals surface area contributed by atoms with Crippen molar-refractivity contribution in [3.05, 3.63) is 10.6 Å². The molecule has 1 unspecified atom stereocenters. The van der Waals surface area contributed by atoms with Gasteiger partial charge in [-0.1, -0.05) is 11.3 Å². The number of aromatic nitrogens is 1. The summed E-state index contributed by atoms with van der Waals surface area (Å²) < 4.78 is 0. The summed E-state index contributed by atoms with van der Waals surface area (Å²) in [7, 11) is 6.22. The number of nitrogens with zero attached hydrogens (tertiary/aromatic N) is 3. The highest BCUT2D eigenvalue weighted by atomic mass is 32.1. The average molecular weight is 255 g/mol. The lowest BCUT2D eigenvalue weighted by molar-refractivity contribution is 0.160. The third kappa shape index (κ3) is 2.97. The Morgan fingerprint density at radius 3 is 2.76 bits per heavy atom. The molecule has 0 spiro atoms. The van der Waals surface area contributed by atoms with Gasteiger partial charge < -0.3 is 14.9 Å². The van der Waals surface area contributed by atoms with Gasteiger partial charge in [0.15, 0.2) is 5.13 Å². The number of rotatable bonds is 4. The van der Waals surface area contributed by atoms with Gasteiger partial charge in [-0.05, 0) is 33.4 Å². The van der Waals surface area contributed by atoms with Crippen LogP contribution < -0.4 is 4.90 Å². The van der Waals surface area contributed by atoms with Crippen LogP contribution in [-0.4, -0.2) is 49.2 Å². The fourth-order valence-corrected chi connectivity index (χ4v) is 3.11. The van der Waals surface area contributed by atoms with E-state index in [1.165, 1.54) is 0 Å². The summed E-state index contributed by atoms with van der Waals surface area (Å²) in [4.78, 5) is 10.1. The van der Waals surface area contributed by atoms with Crippen LogP contribution in [0.5, 0.6) is 0 Å². The highest BCUT2D eigenvalue weighted by molar-refractivity contribution is 7.15. The average Bonchev–Trinajstić information content (AvgIpc) is 2.71. The molecule has 1 aliphatic carbocycles. The van der Waals surface area contributed by atoms with Gasteiger partial charge in [-0.3, -0.25) is 0 Å². The molecule has 1 aromatic rings. The first-order valence-electron chi connectivity index (χ1n) is 6.11. The number of anilines is 1. The molecule has 5 heteroatoms. The van der Waals surface area contributed by atoms with Crippen LogP contribution >= 0.6 is 11.3 Å². The minimum atomic E-state index is -0.285. The maximum Gasteiger partial charge on any atom is 0.185 e. The van der Waals surface area contributed by atoms with Crippen LogP contribution in [0.2, 0.25) is 0 Å². The van der Waals surface area contributed by atoms with Gasteiger partial charge in [-0.2, -0.15) is 0 Å². The Bertz CT molecular complexity index is 378. The monoisotopic (exact) mass is 255 g/mol. The van der Waals surface area contributed by atoms with Gasteiger partial charge in [0.2, 0.25) is 0 Å². The quantitative estimate of drug-likeness (QED) is 0.885. The molecule has 1 N–H and O–H groups in total. The lowest BCUT2D eigenvalue weighted by Crippen LogP contribution is -2.28. The normalized spacial score (nSPS) is 19.5. The number of hydrogen-bond acceptors (Lipinski definition) is 5. The van der Waals surface area contributed by atoms with E-state index in [4.69, 9.17) is 0 Å². The minimum Gasteiger partial charge on any atom is -0.388 e. The van der Waals surface area contributed by atoms with Crippen LogP contribution in [0.1, 0.15) is 29.5 Å². The van der Waals surface area contributed by atoms with Crippen LogP contribution in [0.25, 0.3) is 0 Å². The molecule has 0 bridgehead atoms. The first-order chi connectivity index (χ1) is 8.08. The second-order valence-electron chi connectivity index (χ2n) is 4.94. The van der Waals surface area contributed by atoms with E-state index in [0.717, 1.165) is 48.1 Å². The van der Waals surface area contributed by atoms with Crippen molar-refractivity contribution in [2.75, 3.05) is 39.1 Å². The molecule has 0 saturated heterocycles. The molecule has 4 nitrogen and oxygen atoms in total. The molecule has 1 heterocycles. The number of aliphatic hydroxyl groups is 1. The molecular weight excluding hydrogens is 234 g/mol. The standard InChI is InChI=1S/C12H21N3OS/c1-14(2)7-8-15(3)12-13-9-5-4-6-10(16)11(9)17-12/h10,16H,4-8H2,1-3H3. The highest BCUT2D eigenvalue weighted by Crippen LogP contribution is 2.36. The van der Waals surface area contributed by atoms with Gasteiger partial charge in [0.05, 0.1) is 16.7 Å². The van der Waals surface area contributed by atoms with E-state index in [9.17, 15) is 5.11 Å². The lowest BCUT2D eigenvalue weighted by Gasteiger charge is -2.18. The van der Waals surface area contributed by atoms with E-state index >= 15 is 0 Å². The van der Waals surface area contributed by atoms with Crippen LogP contribution in [-0.2, 0) is 6.42 Å². The molecule has 1 aromatic heterocycles. The Hall–Kier alpha value is -0.650. The third-order valence-corrected chi connectivity index (χ3v) is 4.43. The summed E-state index contributed by atoms with van der Waals surface area (Å²) >= 11 is 1.65. The van der Waals surface area contributed by atoms with Crippen molar-refractivity contribution in [2.24, 2.45) is 0 Å². The zero-order valence-electron chi connectivity index (χ0n) is 10.8. The van der Waals surface area contributed by atoms with Crippen molar-refractivity contribution in [2.45, 2.75) is 25.4 Å². The minimum absolute atomic E-state index is 0.285. The molecule has 96 valence electrons. The van der Waals surface area contributed by atoms with Crippen molar-refractivity contribution < 1.29 is 5.11 Å². The number of hydrogen-bond donors (Lipinski definition) is 1. The second kappa shape index (κ2) is 5.33. The summed E-state index contributed by atoms with van der Waals surface area (Å²) in [6, 6.07) is 0. The molecule has 2 rings (SSSR count). The number of thiazole rings is 1. The summed E-state index contributed by atoms with van der Waals surface area (Å²) in [6.07, 6.45) is 2.67. The van der Waals surface area contributed by atoms with Gasteiger partial charge in [-0.25, -0.2) is 4.98 Å². The largest absolute Gasteiger partial charge is 0.388 e. The zero-order chi connectivity index (χ0) is 12.4. The number of aryl methyl sites for hydroxylation is 1. The fourth-order valence-electron chi connectivity index (χ4n) is 1.99. The predicted octanol–water partition coefficient (Wildman–Crippen LogP) is 1.51. The van der Waals surface area contributed by atoms with E-state index in [1.807, 2.05) is 0 Å². The summed E-state index contributed by atoms with van der Waals surface area (Å²) in [5.41, 5.74) is 1.11. The smallest absolute Gasteiger partial charge is 0.185 e. The SMILES string of the molecule is CN(C)CCN(C)c1nc2c(s1)C(O)CCC2. The van der Waals surface area contributed by atoms with Crippen molar-refractivity contribution in [1.29, 1.82) is 0 Å². The van der Waals surface area contributed by atoms with Gasteiger partial charge in [0.25, 0.3) is 0 Å². The molecule has 0 radical (unpaired) electrons. The third-order valence-electron chi connectivity index (χ3n) is 3.12. The number of aliphatic hydroxyl groups excluding tert-OH is 1. The van der Waals surface area contributed by atoms with Crippen LogP contribution in [0.4, 0.5) is 5.13 Å². The molecule has 17 heavy (non-hydrogen) atoms. The Morgan fingerprint density at radius 1 is 1.35 bits per heavy atom. The maximum absolute atomic E-state index is 9.92. The molecular formula is C12H21N3OS. The van der Waals surface area contributed by atoms with Gasteiger partial charge in [0.1, 0.15) is 0 Å². The van der Waals surface area contributed by atoms with E-state index < -0.39 is 0 Å². The van der Waals surface area contributed by atoms with Crippen molar-refractivity contribution in [1.82, 2.24) is 9.88 Å². The van der Waals surface area contributed by atoms with Crippen molar-refractivity contribution >= 4 is 16.5 Å². The number of likely N-dealkylation sites (N-methyl/N-ethyl adjacent to an activating group) is 2. The van der Waals surface area contributed by atoms with Crippen molar-refractivity contribution in [3.8, 4) is 0 Å². The molecule has 1 atom stereocenters. The topological polar surface area (TPSA) is 39.6 Å². The highest BCUT2D eigenvalue weighted by Gasteiger charge is 2.23. The fraction of sp³-hybridized carbons (Fsp3) is 0.750. The Morgan fingerprint density at radius 2 is 2.12 bits per heavy atom. The van der Waals surface area contributed by atoms with E-state index in [2.05, 4.69) is 35.9 Å². The number of fused-ring (bicyclic) bond motifs is 1. The van der Waals surface area contributed by atoms with E-state index in [0.29, 0.717) is 0 Å². The summed E-state index contributed by atoms with van der Waals surface area (Å²) in [6.45, 7) is 1.98. The van der Waals surface area contributed by atoms with Gasteiger partial charge >= 0.3 is 0 Å². The van der Waals surface area contributed by atoms with Crippen LogP contribution in [0.3, 0.4) is 0 Å². The van der Waals surface area contributed by atoms with Crippen molar-refractivity contribution in [3.63, 3.8) is 0 Å². The summed E-state index contributed by atoms with van der Waals surface area (Å²) in [5, 5.41) is 11.0. The van der Waals surface area contributed by atoms with Gasteiger partial charge in [-0.15, -0.1) is 0 Å². The zero-order valence-corrected chi connectivity index (χ0v) is 11.6. The molecule has 0 saturated carbocycles. The molecule has 0 aromatic carbocycles. The molecule has 0 aliphatic heterocycles. The van der Waals surface area contributed by atoms with E-state index in [-0.39, 0.29) is 6.10 Å². The Labute approximate surface area is 107 Å². The first kappa shape index (κ1) is 12.8. The summed E-state index contributed by atoms with van der Waals surface area (Å²) in [5.74, 6) is 0. The molecule has 0 fully saturated rings. The Balaban J connectivity index is 2.06. The predicted molar refractivity (Wildman–Crippen MR) is 71.8 cm³/mol. The first-order valence-corrected chi connectivity index (χ1v) is 6.93. The van der Waals surface area contributed by atoms with E-state index in [1.54, 1.807) is 11.3 Å².